The van der Waals surface area contributed by atoms with Crippen molar-refractivity contribution in [1.82, 2.24) is 15.5 Å². The van der Waals surface area contributed by atoms with E-state index < -0.39 is 0 Å². The first kappa shape index (κ1) is 12.4. The molecule has 1 aliphatic heterocycles. The summed E-state index contributed by atoms with van der Waals surface area (Å²) >= 11 is 0. The first-order valence-corrected chi connectivity index (χ1v) is 6.45. The molecule has 0 aliphatic carbocycles. The summed E-state index contributed by atoms with van der Waals surface area (Å²) in [5.74, 6) is 1.38. The maximum atomic E-state index is 5.74. The van der Waals surface area contributed by atoms with Gasteiger partial charge < -0.3 is 14.6 Å². The van der Waals surface area contributed by atoms with Crippen molar-refractivity contribution in [1.29, 1.82) is 0 Å². The molecule has 0 amide bonds. The maximum Gasteiger partial charge on any atom is 0.318 e. The molecule has 1 aromatic heterocycles. The topological polar surface area (TPSA) is 54.2 Å². The van der Waals surface area contributed by atoms with E-state index in [2.05, 4.69) is 41.2 Å². The molecule has 0 bridgehead atoms. The van der Waals surface area contributed by atoms with E-state index in [1.165, 1.54) is 6.42 Å². The lowest BCUT2D eigenvalue weighted by Gasteiger charge is -2.18. The van der Waals surface area contributed by atoms with Crippen LogP contribution in [0.15, 0.2) is 4.42 Å². The lowest BCUT2D eigenvalue weighted by atomic mass is 10.1. The highest BCUT2D eigenvalue weighted by Gasteiger charge is 2.30. The second-order valence-corrected chi connectivity index (χ2v) is 5.04. The molecule has 0 aromatic carbocycles. The van der Waals surface area contributed by atoms with Crippen molar-refractivity contribution in [3.05, 3.63) is 5.89 Å². The van der Waals surface area contributed by atoms with Crippen LogP contribution in [0.3, 0.4) is 0 Å². The van der Waals surface area contributed by atoms with Gasteiger partial charge in [0.25, 0.3) is 0 Å². The zero-order valence-corrected chi connectivity index (χ0v) is 11.1. The molecule has 0 saturated carbocycles. The Bertz CT molecular complexity index is 365. The van der Waals surface area contributed by atoms with E-state index in [1.807, 2.05) is 6.92 Å². The Morgan fingerprint density at radius 2 is 2.24 bits per heavy atom. The Hall–Kier alpha value is -1.10. The lowest BCUT2D eigenvalue weighted by molar-refractivity contribution is 0.418. The van der Waals surface area contributed by atoms with Crippen LogP contribution >= 0.6 is 0 Å². The lowest BCUT2D eigenvalue weighted by Crippen LogP contribution is -2.26. The molecular formula is C12H22N4O. The van der Waals surface area contributed by atoms with Crippen LogP contribution in [0.5, 0.6) is 0 Å². The van der Waals surface area contributed by atoms with Gasteiger partial charge in [-0.2, -0.15) is 0 Å². The molecule has 1 N–H and O–H groups in total. The molecule has 0 spiro atoms. The van der Waals surface area contributed by atoms with Gasteiger partial charge in [-0.25, -0.2) is 0 Å². The summed E-state index contributed by atoms with van der Waals surface area (Å²) in [5, 5.41) is 11.5. The molecule has 1 fully saturated rings. The highest BCUT2D eigenvalue weighted by molar-refractivity contribution is 5.29. The van der Waals surface area contributed by atoms with Crippen molar-refractivity contribution >= 4 is 6.01 Å². The molecule has 96 valence electrons. The van der Waals surface area contributed by atoms with E-state index in [-0.39, 0.29) is 6.04 Å². The van der Waals surface area contributed by atoms with Crippen LogP contribution in [-0.4, -0.2) is 29.3 Å². The highest BCUT2D eigenvalue weighted by atomic mass is 16.4. The summed E-state index contributed by atoms with van der Waals surface area (Å²) in [5.41, 5.74) is 0. The Balaban J connectivity index is 2.07. The Kier molecular flexibility index (Phi) is 3.66. The van der Waals surface area contributed by atoms with Crippen molar-refractivity contribution < 1.29 is 4.42 Å². The van der Waals surface area contributed by atoms with E-state index in [0.29, 0.717) is 23.9 Å². The molecule has 3 unspecified atom stereocenters. The zero-order chi connectivity index (χ0) is 12.4. The van der Waals surface area contributed by atoms with E-state index in [0.717, 1.165) is 13.1 Å². The van der Waals surface area contributed by atoms with Crippen molar-refractivity contribution in [2.45, 2.75) is 46.2 Å². The third kappa shape index (κ3) is 2.60. The number of anilines is 1. The van der Waals surface area contributed by atoms with Crippen LogP contribution in [-0.2, 0) is 0 Å². The quantitative estimate of drug-likeness (QED) is 0.869. The summed E-state index contributed by atoms with van der Waals surface area (Å²) in [6.07, 6.45) is 1.19. The largest absolute Gasteiger partial charge is 0.406 e. The van der Waals surface area contributed by atoms with Crippen molar-refractivity contribution in [3.8, 4) is 0 Å². The van der Waals surface area contributed by atoms with Gasteiger partial charge in [0, 0.05) is 12.6 Å². The summed E-state index contributed by atoms with van der Waals surface area (Å²) in [4.78, 5) is 2.21. The summed E-state index contributed by atoms with van der Waals surface area (Å²) in [6, 6.07) is 1.28. The van der Waals surface area contributed by atoms with Crippen molar-refractivity contribution in [2.75, 3.05) is 18.0 Å². The number of hydrogen-bond donors (Lipinski definition) is 1. The van der Waals surface area contributed by atoms with Crippen LogP contribution in [0, 0.1) is 5.92 Å². The van der Waals surface area contributed by atoms with Gasteiger partial charge in [0.1, 0.15) is 0 Å². The van der Waals surface area contributed by atoms with Crippen molar-refractivity contribution in [3.63, 3.8) is 0 Å². The molecule has 1 aliphatic rings. The molecule has 1 aromatic rings. The number of hydrogen-bond acceptors (Lipinski definition) is 5. The Morgan fingerprint density at radius 3 is 2.82 bits per heavy atom. The highest BCUT2D eigenvalue weighted by Crippen LogP contribution is 2.28. The number of rotatable bonds is 4. The minimum absolute atomic E-state index is 0.122. The smallest absolute Gasteiger partial charge is 0.318 e. The second-order valence-electron chi connectivity index (χ2n) is 5.04. The molecule has 0 radical (unpaired) electrons. The van der Waals surface area contributed by atoms with Gasteiger partial charge in [-0.1, -0.05) is 18.9 Å². The third-order valence-corrected chi connectivity index (χ3v) is 3.34. The average molecular weight is 238 g/mol. The zero-order valence-electron chi connectivity index (χ0n) is 11.1. The minimum atomic E-state index is 0.122. The van der Waals surface area contributed by atoms with Crippen LogP contribution < -0.4 is 10.2 Å². The SMILES string of the molecule is CCNC(C)c1nnc(N2CC(C)CC2C)o1. The molecule has 17 heavy (non-hydrogen) atoms. The molecule has 1 saturated heterocycles. The van der Waals surface area contributed by atoms with Crippen LogP contribution in [0.1, 0.15) is 46.0 Å². The number of nitrogens with one attached hydrogen (secondary N) is 1. The van der Waals surface area contributed by atoms with Gasteiger partial charge in [0.05, 0.1) is 6.04 Å². The fraction of sp³-hybridized carbons (Fsp3) is 0.833. The number of nitrogens with zero attached hydrogens (tertiary/aromatic N) is 3. The Morgan fingerprint density at radius 1 is 1.47 bits per heavy atom. The molecule has 5 heteroatoms. The second kappa shape index (κ2) is 5.04. The predicted molar refractivity (Wildman–Crippen MR) is 67.0 cm³/mol. The van der Waals surface area contributed by atoms with E-state index in [1.54, 1.807) is 0 Å². The molecule has 2 rings (SSSR count). The first-order chi connectivity index (χ1) is 8.11. The molecule has 5 nitrogen and oxygen atoms in total. The molecule has 2 heterocycles. The predicted octanol–water partition coefficient (Wildman–Crippen LogP) is 1.97. The normalized spacial score (nSPS) is 26.5. The van der Waals surface area contributed by atoms with Gasteiger partial charge in [0.2, 0.25) is 5.89 Å². The van der Waals surface area contributed by atoms with E-state index in [9.17, 15) is 0 Å². The monoisotopic (exact) mass is 238 g/mol. The van der Waals surface area contributed by atoms with Crippen molar-refractivity contribution in [2.24, 2.45) is 5.92 Å². The maximum absolute atomic E-state index is 5.74. The van der Waals surface area contributed by atoms with Crippen LogP contribution in [0.2, 0.25) is 0 Å². The summed E-state index contributed by atoms with van der Waals surface area (Å²) in [6.45, 7) is 10.5. The molecular weight excluding hydrogens is 216 g/mol. The summed E-state index contributed by atoms with van der Waals surface area (Å²) < 4.78 is 5.74. The van der Waals surface area contributed by atoms with Gasteiger partial charge in [-0.05, 0) is 32.7 Å². The molecule has 3 atom stereocenters. The Labute approximate surface area is 103 Å². The van der Waals surface area contributed by atoms with Crippen LogP contribution in [0.25, 0.3) is 0 Å². The van der Waals surface area contributed by atoms with Crippen LogP contribution in [0.4, 0.5) is 6.01 Å². The third-order valence-electron chi connectivity index (χ3n) is 3.34. The number of aromatic nitrogens is 2. The van der Waals surface area contributed by atoms with E-state index >= 15 is 0 Å². The average Bonchev–Trinajstić information content (AvgIpc) is 2.85. The first-order valence-electron chi connectivity index (χ1n) is 6.45. The van der Waals surface area contributed by atoms with Gasteiger partial charge in [-0.15, -0.1) is 5.10 Å². The van der Waals surface area contributed by atoms with Gasteiger partial charge in [0.15, 0.2) is 0 Å². The van der Waals surface area contributed by atoms with E-state index in [4.69, 9.17) is 4.42 Å². The summed E-state index contributed by atoms with van der Waals surface area (Å²) in [7, 11) is 0. The standard InChI is InChI=1S/C12H22N4O/c1-5-13-10(4)11-14-15-12(17-11)16-7-8(2)6-9(16)3/h8-10,13H,5-7H2,1-4H3. The van der Waals surface area contributed by atoms with Gasteiger partial charge in [-0.3, -0.25) is 0 Å². The minimum Gasteiger partial charge on any atom is -0.406 e. The fourth-order valence-corrected chi connectivity index (χ4v) is 2.48. The van der Waals surface area contributed by atoms with Gasteiger partial charge >= 0.3 is 6.01 Å². The fourth-order valence-electron chi connectivity index (χ4n) is 2.48.